The van der Waals surface area contributed by atoms with Gasteiger partial charge in [-0.2, -0.15) is 0 Å². The van der Waals surface area contributed by atoms with Crippen LogP contribution in [0, 0.1) is 0 Å². The monoisotopic (exact) mass is 477 g/mol. The van der Waals surface area contributed by atoms with Gasteiger partial charge in [0.25, 0.3) is 0 Å². The molecule has 1 atom stereocenters. The molecule has 0 aliphatic carbocycles. The van der Waals surface area contributed by atoms with Crippen LogP contribution in [0.4, 0.5) is 17.1 Å². The highest BCUT2D eigenvalue weighted by Crippen LogP contribution is 2.34. The van der Waals surface area contributed by atoms with Crippen LogP contribution in [0.3, 0.4) is 0 Å². The lowest BCUT2D eigenvalue weighted by Gasteiger charge is -2.29. The first-order valence-corrected chi connectivity index (χ1v) is 11.6. The van der Waals surface area contributed by atoms with Gasteiger partial charge in [-0.3, -0.25) is 4.79 Å². The van der Waals surface area contributed by atoms with Crippen LogP contribution in [0.5, 0.6) is 23.0 Å². The van der Waals surface area contributed by atoms with E-state index in [4.69, 9.17) is 18.9 Å². The van der Waals surface area contributed by atoms with Crippen LogP contribution in [0.2, 0.25) is 0 Å². The van der Waals surface area contributed by atoms with E-state index in [0.29, 0.717) is 17.2 Å². The minimum atomic E-state index is -0.476. The van der Waals surface area contributed by atoms with Crippen molar-refractivity contribution in [2.45, 2.75) is 13.0 Å². The Morgan fingerprint density at radius 2 is 1.51 bits per heavy atom. The van der Waals surface area contributed by atoms with Crippen LogP contribution in [-0.2, 0) is 9.53 Å². The Kier molecular flexibility index (Phi) is 7.95. The third-order valence-corrected chi connectivity index (χ3v) is 5.74. The van der Waals surface area contributed by atoms with Crippen molar-refractivity contribution in [1.82, 2.24) is 0 Å². The molecule has 0 aromatic heterocycles. The second-order valence-corrected chi connectivity index (χ2v) is 8.14. The number of carbonyl (C=O) groups is 1. The molecule has 2 N–H and O–H groups in total. The van der Waals surface area contributed by atoms with Crippen LogP contribution in [-0.4, -0.2) is 52.5 Å². The number of nitrogens with one attached hydrogen (secondary N) is 2. The molecular weight excluding hydrogens is 446 g/mol. The molecule has 0 bridgehead atoms. The SMILES string of the molecule is COc1ccc(Oc2cc(NC(C)C(=O)Nc3ccc(N4CCOCC4)cc3)ccc2OC)cc1. The number of hydrogen-bond donors (Lipinski definition) is 2. The predicted molar refractivity (Wildman–Crippen MR) is 137 cm³/mol. The Bertz CT molecular complexity index is 1110. The van der Waals surface area contributed by atoms with E-state index < -0.39 is 6.04 Å². The third kappa shape index (κ3) is 6.36. The summed E-state index contributed by atoms with van der Waals surface area (Å²) in [6.07, 6.45) is 0. The number of ether oxygens (including phenoxy) is 4. The number of anilines is 3. The summed E-state index contributed by atoms with van der Waals surface area (Å²) in [4.78, 5) is 15.1. The summed E-state index contributed by atoms with van der Waals surface area (Å²) in [5.74, 6) is 2.37. The zero-order valence-corrected chi connectivity index (χ0v) is 20.2. The van der Waals surface area contributed by atoms with Crippen molar-refractivity contribution in [2.75, 3.05) is 56.1 Å². The molecule has 3 aromatic carbocycles. The topological polar surface area (TPSA) is 81.3 Å². The highest BCUT2D eigenvalue weighted by atomic mass is 16.5. The second kappa shape index (κ2) is 11.5. The Morgan fingerprint density at radius 3 is 2.17 bits per heavy atom. The van der Waals surface area contributed by atoms with E-state index in [0.717, 1.165) is 49.1 Å². The van der Waals surface area contributed by atoms with Crippen LogP contribution in [0.1, 0.15) is 6.92 Å². The fourth-order valence-electron chi connectivity index (χ4n) is 3.76. The van der Waals surface area contributed by atoms with Gasteiger partial charge in [0.2, 0.25) is 5.91 Å². The van der Waals surface area contributed by atoms with Crippen molar-refractivity contribution in [3.05, 3.63) is 66.7 Å². The molecule has 1 amide bonds. The summed E-state index contributed by atoms with van der Waals surface area (Å²) in [6.45, 7) is 5.03. The summed E-state index contributed by atoms with van der Waals surface area (Å²) >= 11 is 0. The number of benzene rings is 3. The van der Waals surface area contributed by atoms with E-state index in [9.17, 15) is 4.79 Å². The summed E-state index contributed by atoms with van der Waals surface area (Å²) in [7, 11) is 3.20. The molecule has 0 saturated carbocycles. The van der Waals surface area contributed by atoms with Crippen molar-refractivity contribution in [1.29, 1.82) is 0 Å². The molecule has 1 saturated heterocycles. The molecule has 4 rings (SSSR count). The normalized spacial score (nSPS) is 14.1. The minimum absolute atomic E-state index is 0.141. The van der Waals surface area contributed by atoms with E-state index in [1.54, 1.807) is 20.3 Å². The summed E-state index contributed by atoms with van der Waals surface area (Å²) < 4.78 is 22.0. The lowest BCUT2D eigenvalue weighted by Crippen LogP contribution is -2.36. The number of nitrogens with zero attached hydrogens (tertiary/aromatic N) is 1. The van der Waals surface area contributed by atoms with Gasteiger partial charge >= 0.3 is 0 Å². The van der Waals surface area contributed by atoms with Gasteiger partial charge < -0.3 is 34.5 Å². The van der Waals surface area contributed by atoms with Crippen molar-refractivity contribution in [2.24, 2.45) is 0 Å². The second-order valence-electron chi connectivity index (χ2n) is 8.14. The Labute approximate surface area is 205 Å². The van der Waals surface area contributed by atoms with Gasteiger partial charge in [-0.05, 0) is 67.6 Å². The molecule has 35 heavy (non-hydrogen) atoms. The van der Waals surface area contributed by atoms with Gasteiger partial charge in [-0.1, -0.05) is 0 Å². The van der Waals surface area contributed by atoms with Crippen LogP contribution < -0.4 is 29.7 Å². The van der Waals surface area contributed by atoms with Gasteiger partial charge in [-0.15, -0.1) is 0 Å². The molecule has 1 aliphatic heterocycles. The Hall–Kier alpha value is -3.91. The van der Waals surface area contributed by atoms with E-state index in [-0.39, 0.29) is 5.91 Å². The van der Waals surface area contributed by atoms with Crippen LogP contribution >= 0.6 is 0 Å². The van der Waals surface area contributed by atoms with Crippen molar-refractivity contribution in [3.8, 4) is 23.0 Å². The average molecular weight is 478 g/mol. The summed E-state index contributed by atoms with van der Waals surface area (Å²) in [6, 6.07) is 20.1. The van der Waals surface area contributed by atoms with Gasteiger partial charge in [0.15, 0.2) is 11.5 Å². The zero-order valence-electron chi connectivity index (χ0n) is 20.2. The maximum Gasteiger partial charge on any atom is 0.246 e. The molecule has 1 fully saturated rings. The molecular formula is C27H31N3O5. The Morgan fingerprint density at radius 1 is 0.857 bits per heavy atom. The lowest BCUT2D eigenvalue weighted by molar-refractivity contribution is -0.116. The first-order valence-electron chi connectivity index (χ1n) is 11.6. The largest absolute Gasteiger partial charge is 0.497 e. The third-order valence-electron chi connectivity index (χ3n) is 5.74. The standard InChI is InChI=1S/C27H31N3O5/c1-19(27(31)29-20-4-7-22(8-5-20)30-14-16-34-17-15-30)28-21-6-13-25(33-3)26(18-21)35-24-11-9-23(32-2)10-12-24/h4-13,18-19,28H,14-17H2,1-3H3,(H,29,31). The minimum Gasteiger partial charge on any atom is -0.497 e. The molecule has 1 unspecified atom stereocenters. The molecule has 3 aromatic rings. The van der Waals surface area contributed by atoms with Crippen molar-refractivity contribution in [3.63, 3.8) is 0 Å². The summed E-state index contributed by atoms with van der Waals surface area (Å²) in [5.41, 5.74) is 2.61. The van der Waals surface area contributed by atoms with Crippen molar-refractivity contribution < 1.29 is 23.7 Å². The molecule has 1 aliphatic rings. The number of hydrogen-bond acceptors (Lipinski definition) is 7. The fraction of sp³-hybridized carbons (Fsp3) is 0.296. The van der Waals surface area contributed by atoms with E-state index >= 15 is 0 Å². The number of rotatable bonds is 9. The number of methoxy groups -OCH3 is 2. The molecule has 0 spiro atoms. The molecule has 184 valence electrons. The fourth-order valence-corrected chi connectivity index (χ4v) is 3.76. The van der Waals surface area contributed by atoms with Gasteiger partial charge in [0.1, 0.15) is 17.5 Å². The predicted octanol–water partition coefficient (Wildman–Crippen LogP) is 4.77. The van der Waals surface area contributed by atoms with Crippen LogP contribution in [0.15, 0.2) is 66.7 Å². The zero-order chi connectivity index (χ0) is 24.6. The Balaban J connectivity index is 1.37. The molecule has 8 heteroatoms. The average Bonchev–Trinajstić information content (AvgIpc) is 2.90. The first kappa shape index (κ1) is 24.2. The molecule has 8 nitrogen and oxygen atoms in total. The van der Waals surface area contributed by atoms with Gasteiger partial charge in [0, 0.05) is 36.2 Å². The quantitative estimate of drug-likeness (QED) is 0.459. The molecule has 1 heterocycles. The maximum absolute atomic E-state index is 12.8. The van der Waals surface area contributed by atoms with Gasteiger partial charge in [0.05, 0.1) is 27.4 Å². The van der Waals surface area contributed by atoms with Crippen LogP contribution in [0.25, 0.3) is 0 Å². The van der Waals surface area contributed by atoms with E-state index in [1.165, 1.54) is 0 Å². The highest BCUT2D eigenvalue weighted by Gasteiger charge is 2.16. The van der Waals surface area contributed by atoms with E-state index in [1.807, 2.05) is 67.6 Å². The maximum atomic E-state index is 12.8. The smallest absolute Gasteiger partial charge is 0.246 e. The lowest BCUT2D eigenvalue weighted by atomic mass is 10.2. The van der Waals surface area contributed by atoms with Crippen molar-refractivity contribution >= 4 is 23.0 Å². The number of carbonyl (C=O) groups excluding carboxylic acids is 1. The number of morpholine rings is 1. The highest BCUT2D eigenvalue weighted by molar-refractivity contribution is 5.96. The molecule has 0 radical (unpaired) electrons. The summed E-state index contributed by atoms with van der Waals surface area (Å²) in [5, 5.41) is 6.20. The number of amides is 1. The van der Waals surface area contributed by atoms with Gasteiger partial charge in [-0.25, -0.2) is 0 Å². The van der Waals surface area contributed by atoms with E-state index in [2.05, 4.69) is 15.5 Å². The first-order chi connectivity index (χ1) is 17.1.